The van der Waals surface area contributed by atoms with Crippen LogP contribution in [0.3, 0.4) is 0 Å². The van der Waals surface area contributed by atoms with Gasteiger partial charge in [0.15, 0.2) is 0 Å². The molecule has 0 bridgehead atoms. The molecule has 3 rings (SSSR count). The quantitative estimate of drug-likeness (QED) is 0.827. The molecule has 0 aliphatic carbocycles. The van der Waals surface area contributed by atoms with E-state index in [1.54, 1.807) is 18.4 Å². The number of rotatable bonds is 6. The van der Waals surface area contributed by atoms with Gasteiger partial charge in [-0.15, -0.1) is 10.2 Å². The molecule has 1 aromatic carbocycles. The maximum absolute atomic E-state index is 5.82. The number of fused-ring (bicyclic) bond motifs is 1. The van der Waals surface area contributed by atoms with Crippen LogP contribution < -0.4 is 10.1 Å². The van der Waals surface area contributed by atoms with Gasteiger partial charge in [-0.05, 0) is 18.1 Å². The summed E-state index contributed by atoms with van der Waals surface area (Å²) in [5.74, 6) is 1.31. The molecule has 5 nitrogen and oxygen atoms in total. The van der Waals surface area contributed by atoms with Crippen LogP contribution in [0.1, 0.15) is 21.5 Å². The van der Waals surface area contributed by atoms with E-state index in [1.165, 1.54) is 5.56 Å². The lowest BCUT2D eigenvalue weighted by Crippen LogP contribution is -2.19. The molecule has 0 saturated heterocycles. The number of methoxy groups -OCH3 is 1. The van der Waals surface area contributed by atoms with E-state index < -0.39 is 0 Å². The van der Waals surface area contributed by atoms with Gasteiger partial charge in [0.25, 0.3) is 0 Å². The molecule has 0 spiro atoms. The van der Waals surface area contributed by atoms with Crippen LogP contribution in [0, 0.1) is 0 Å². The van der Waals surface area contributed by atoms with Crippen molar-refractivity contribution in [3.05, 3.63) is 39.8 Å². The zero-order valence-corrected chi connectivity index (χ0v) is 12.9. The van der Waals surface area contributed by atoms with Crippen molar-refractivity contribution in [3.63, 3.8) is 0 Å². The van der Waals surface area contributed by atoms with Crippen LogP contribution in [0.4, 0.5) is 0 Å². The van der Waals surface area contributed by atoms with Crippen LogP contribution in [-0.2, 0) is 17.7 Å². The first-order chi connectivity index (χ1) is 10.4. The van der Waals surface area contributed by atoms with Crippen molar-refractivity contribution in [2.45, 2.75) is 18.9 Å². The van der Waals surface area contributed by atoms with Crippen molar-refractivity contribution in [1.82, 2.24) is 15.5 Å². The number of para-hydroxylation sites is 1. The van der Waals surface area contributed by atoms with Crippen molar-refractivity contribution in [2.75, 3.05) is 26.9 Å². The van der Waals surface area contributed by atoms with Gasteiger partial charge in [-0.3, -0.25) is 0 Å². The van der Waals surface area contributed by atoms with Crippen molar-refractivity contribution < 1.29 is 9.47 Å². The molecule has 2 heterocycles. The molecule has 1 aromatic heterocycles. The molecule has 0 amide bonds. The standard InChI is InChI=1S/C15H19N3O2S/c1-19-7-6-16-9-14-17-18-15(21-14)12-8-11-4-2-3-5-13(11)20-10-12/h2-5,12,16H,6-10H2,1H3. The Bertz CT molecular complexity index is 588. The molecule has 0 fully saturated rings. The molecule has 2 aromatic rings. The zero-order valence-electron chi connectivity index (χ0n) is 12.0. The first-order valence-corrected chi connectivity index (χ1v) is 7.91. The third-order valence-corrected chi connectivity index (χ3v) is 4.56. The lowest BCUT2D eigenvalue weighted by Gasteiger charge is -2.23. The first kappa shape index (κ1) is 14.4. The summed E-state index contributed by atoms with van der Waals surface area (Å²) in [6, 6.07) is 8.20. The van der Waals surface area contributed by atoms with Crippen molar-refractivity contribution >= 4 is 11.3 Å². The Labute approximate surface area is 128 Å². The van der Waals surface area contributed by atoms with Crippen molar-refractivity contribution in [1.29, 1.82) is 0 Å². The number of ether oxygens (including phenoxy) is 2. The molecule has 6 heteroatoms. The minimum absolute atomic E-state index is 0.310. The fourth-order valence-corrected chi connectivity index (χ4v) is 3.26. The SMILES string of the molecule is COCCNCc1nnc(C2COc3ccccc3C2)s1. The summed E-state index contributed by atoms with van der Waals surface area (Å²) in [4.78, 5) is 0. The molecule has 112 valence electrons. The lowest BCUT2D eigenvalue weighted by molar-refractivity contribution is 0.199. The van der Waals surface area contributed by atoms with E-state index in [9.17, 15) is 0 Å². The maximum Gasteiger partial charge on any atom is 0.131 e. The molecule has 1 aliphatic rings. The van der Waals surface area contributed by atoms with Crippen LogP contribution in [0.5, 0.6) is 5.75 Å². The van der Waals surface area contributed by atoms with E-state index >= 15 is 0 Å². The summed E-state index contributed by atoms with van der Waals surface area (Å²) >= 11 is 1.67. The van der Waals surface area contributed by atoms with Gasteiger partial charge in [0.05, 0.1) is 19.1 Å². The Morgan fingerprint density at radius 2 is 2.29 bits per heavy atom. The van der Waals surface area contributed by atoms with Crippen molar-refractivity contribution in [3.8, 4) is 5.75 Å². The third-order valence-electron chi connectivity index (χ3n) is 3.47. The fraction of sp³-hybridized carbons (Fsp3) is 0.467. The van der Waals surface area contributed by atoms with Crippen LogP contribution in [-0.4, -0.2) is 37.1 Å². The topological polar surface area (TPSA) is 56.3 Å². The second kappa shape index (κ2) is 6.98. The summed E-state index contributed by atoms with van der Waals surface area (Å²) in [6.45, 7) is 2.96. The van der Waals surface area contributed by atoms with Gasteiger partial charge < -0.3 is 14.8 Å². The molecule has 1 atom stereocenters. The smallest absolute Gasteiger partial charge is 0.131 e. The van der Waals surface area contributed by atoms with Crippen molar-refractivity contribution in [2.24, 2.45) is 0 Å². The van der Waals surface area contributed by atoms with E-state index in [0.717, 1.165) is 35.3 Å². The Balaban J connectivity index is 1.59. The normalized spacial score (nSPS) is 17.3. The summed E-state index contributed by atoms with van der Waals surface area (Å²) in [6.07, 6.45) is 0.974. The number of nitrogens with zero attached hydrogens (tertiary/aromatic N) is 2. The lowest BCUT2D eigenvalue weighted by atomic mass is 9.97. The Hall–Kier alpha value is -1.50. The first-order valence-electron chi connectivity index (χ1n) is 7.09. The number of benzene rings is 1. The van der Waals surface area contributed by atoms with Gasteiger partial charge in [0, 0.05) is 20.2 Å². The van der Waals surface area contributed by atoms with Gasteiger partial charge >= 0.3 is 0 Å². The predicted octanol–water partition coefficient (Wildman–Crippen LogP) is 1.99. The summed E-state index contributed by atoms with van der Waals surface area (Å²) < 4.78 is 10.8. The van der Waals surface area contributed by atoms with E-state index in [-0.39, 0.29) is 0 Å². The second-order valence-electron chi connectivity index (χ2n) is 5.02. The Morgan fingerprint density at radius 3 is 3.19 bits per heavy atom. The highest BCUT2D eigenvalue weighted by atomic mass is 32.1. The third kappa shape index (κ3) is 3.58. The van der Waals surface area contributed by atoms with Gasteiger partial charge in [-0.25, -0.2) is 0 Å². The van der Waals surface area contributed by atoms with E-state index in [0.29, 0.717) is 19.1 Å². The molecular weight excluding hydrogens is 286 g/mol. The van der Waals surface area contributed by atoms with E-state index in [1.807, 2.05) is 12.1 Å². The molecule has 1 aliphatic heterocycles. The Morgan fingerprint density at radius 1 is 1.38 bits per heavy atom. The average Bonchev–Trinajstić information content (AvgIpc) is 3.00. The largest absolute Gasteiger partial charge is 0.493 e. The monoisotopic (exact) mass is 305 g/mol. The molecule has 1 N–H and O–H groups in total. The second-order valence-corrected chi connectivity index (χ2v) is 6.12. The van der Waals surface area contributed by atoms with Crippen LogP contribution in [0.15, 0.2) is 24.3 Å². The highest BCUT2D eigenvalue weighted by molar-refractivity contribution is 7.11. The summed E-state index contributed by atoms with van der Waals surface area (Å²) in [5, 5.41) is 13.9. The molecule has 0 saturated carbocycles. The summed E-state index contributed by atoms with van der Waals surface area (Å²) in [7, 11) is 1.70. The minimum Gasteiger partial charge on any atom is -0.493 e. The fourth-order valence-electron chi connectivity index (χ4n) is 2.36. The van der Waals surface area contributed by atoms with Gasteiger partial charge in [0.2, 0.25) is 0 Å². The molecule has 0 radical (unpaired) electrons. The number of aromatic nitrogens is 2. The number of nitrogens with one attached hydrogen (secondary N) is 1. The molecule has 21 heavy (non-hydrogen) atoms. The van der Waals surface area contributed by atoms with Crippen LogP contribution in [0.2, 0.25) is 0 Å². The predicted molar refractivity (Wildman–Crippen MR) is 81.9 cm³/mol. The van der Waals surface area contributed by atoms with Crippen LogP contribution in [0.25, 0.3) is 0 Å². The van der Waals surface area contributed by atoms with Gasteiger partial charge in [0.1, 0.15) is 15.8 Å². The van der Waals surface area contributed by atoms with E-state index in [4.69, 9.17) is 9.47 Å². The summed E-state index contributed by atoms with van der Waals surface area (Å²) in [5.41, 5.74) is 1.25. The van der Waals surface area contributed by atoms with Gasteiger partial charge in [-0.1, -0.05) is 29.5 Å². The molecular formula is C15H19N3O2S. The highest BCUT2D eigenvalue weighted by Gasteiger charge is 2.24. The van der Waals surface area contributed by atoms with Gasteiger partial charge in [-0.2, -0.15) is 0 Å². The number of hydrogen-bond donors (Lipinski definition) is 1. The Kier molecular flexibility index (Phi) is 4.80. The average molecular weight is 305 g/mol. The zero-order chi connectivity index (χ0) is 14.5. The van der Waals surface area contributed by atoms with E-state index in [2.05, 4.69) is 27.6 Å². The maximum atomic E-state index is 5.82. The minimum atomic E-state index is 0.310. The highest BCUT2D eigenvalue weighted by Crippen LogP contribution is 2.33. The molecule has 1 unspecified atom stereocenters. The number of hydrogen-bond acceptors (Lipinski definition) is 6. The van der Waals surface area contributed by atoms with Crippen LogP contribution >= 0.6 is 11.3 Å².